The fourth-order valence-electron chi connectivity index (χ4n) is 3.22. The van der Waals surface area contributed by atoms with E-state index in [1.165, 1.54) is 5.56 Å². The van der Waals surface area contributed by atoms with Gasteiger partial charge in [0, 0.05) is 34.2 Å². The van der Waals surface area contributed by atoms with Gasteiger partial charge in [-0.1, -0.05) is 54.4 Å². The van der Waals surface area contributed by atoms with Crippen molar-refractivity contribution in [3.63, 3.8) is 0 Å². The van der Waals surface area contributed by atoms with Crippen LogP contribution >= 0.6 is 23.4 Å². The van der Waals surface area contributed by atoms with Crippen LogP contribution in [0.1, 0.15) is 51.7 Å². The molecule has 2 aromatic carbocycles. The van der Waals surface area contributed by atoms with Gasteiger partial charge >= 0.3 is 0 Å². The Labute approximate surface area is 195 Å². The lowest BCUT2D eigenvalue weighted by Gasteiger charge is -2.33. The lowest BCUT2D eigenvalue weighted by Crippen LogP contribution is -2.53. The molecule has 4 nitrogen and oxygen atoms in total. The fourth-order valence-corrected chi connectivity index (χ4v) is 4.25. The van der Waals surface area contributed by atoms with Crippen molar-refractivity contribution in [3.8, 4) is 0 Å². The minimum absolute atomic E-state index is 0.0459. The number of amides is 2. The third-order valence-corrected chi connectivity index (χ3v) is 6.17. The number of hydrogen-bond acceptors (Lipinski definition) is 3. The zero-order chi connectivity index (χ0) is 23.0. The quantitative estimate of drug-likeness (QED) is 0.477. The van der Waals surface area contributed by atoms with Gasteiger partial charge in [-0.05, 0) is 57.9 Å². The monoisotopic (exact) mass is 460 g/mol. The number of benzene rings is 2. The molecule has 6 heteroatoms. The third kappa shape index (κ3) is 8.23. The number of carbonyl (C=O) groups is 2. The van der Waals surface area contributed by atoms with Crippen LogP contribution in [-0.2, 0) is 16.1 Å². The number of nitrogens with zero attached hydrogens (tertiary/aromatic N) is 1. The Morgan fingerprint density at radius 1 is 1.10 bits per heavy atom. The van der Waals surface area contributed by atoms with Crippen molar-refractivity contribution in [1.82, 2.24) is 10.2 Å². The van der Waals surface area contributed by atoms with Gasteiger partial charge in [-0.25, -0.2) is 0 Å². The molecule has 0 unspecified atom stereocenters. The van der Waals surface area contributed by atoms with Gasteiger partial charge in [0.1, 0.15) is 6.04 Å². The van der Waals surface area contributed by atoms with E-state index in [1.54, 1.807) is 16.7 Å². The number of nitrogens with one attached hydrogen (secondary N) is 1. The van der Waals surface area contributed by atoms with E-state index < -0.39 is 6.04 Å². The molecule has 0 aliphatic carbocycles. The van der Waals surface area contributed by atoms with Gasteiger partial charge in [0.05, 0.1) is 0 Å². The summed E-state index contributed by atoms with van der Waals surface area (Å²) in [7, 11) is 0. The van der Waals surface area contributed by atoms with Gasteiger partial charge in [0.25, 0.3) is 0 Å². The topological polar surface area (TPSA) is 49.4 Å². The van der Waals surface area contributed by atoms with Crippen LogP contribution in [0.25, 0.3) is 0 Å². The van der Waals surface area contributed by atoms with Gasteiger partial charge in [-0.2, -0.15) is 0 Å². The van der Waals surface area contributed by atoms with E-state index in [0.29, 0.717) is 30.2 Å². The fraction of sp³-hybridized carbons (Fsp3) is 0.440. The number of rotatable bonds is 9. The number of thioether (sulfide) groups is 1. The highest BCUT2D eigenvalue weighted by Gasteiger charge is 2.30. The van der Waals surface area contributed by atoms with Crippen LogP contribution < -0.4 is 5.32 Å². The van der Waals surface area contributed by atoms with Crippen molar-refractivity contribution in [2.75, 3.05) is 5.75 Å². The zero-order valence-electron chi connectivity index (χ0n) is 19.1. The standard InChI is InChI=1S/C25H33ClN2O2S/c1-6-22(24(30)27-25(3,4)5)28(17-19-9-7-8-10-21(19)26)23(29)15-16-31-20-13-11-18(2)12-14-20/h7-14,22H,6,15-17H2,1-5H3,(H,27,30)/t22-/m1/s1. The highest BCUT2D eigenvalue weighted by Crippen LogP contribution is 2.23. The Hall–Kier alpha value is -1.98. The van der Waals surface area contributed by atoms with E-state index in [9.17, 15) is 9.59 Å². The van der Waals surface area contributed by atoms with Crippen molar-refractivity contribution in [2.45, 2.75) is 70.5 Å². The van der Waals surface area contributed by atoms with Crippen LogP contribution in [0.3, 0.4) is 0 Å². The molecule has 31 heavy (non-hydrogen) atoms. The molecule has 0 aliphatic rings. The molecule has 0 spiro atoms. The first-order valence-corrected chi connectivity index (χ1v) is 12.0. The third-order valence-electron chi connectivity index (χ3n) is 4.79. The molecule has 0 aromatic heterocycles. The van der Waals surface area contributed by atoms with E-state index in [-0.39, 0.29) is 17.4 Å². The summed E-state index contributed by atoms with van der Waals surface area (Å²) in [5.74, 6) is 0.468. The van der Waals surface area contributed by atoms with Crippen LogP contribution in [0, 0.1) is 6.92 Å². The van der Waals surface area contributed by atoms with Gasteiger partial charge in [-0.3, -0.25) is 9.59 Å². The van der Waals surface area contributed by atoms with E-state index in [1.807, 2.05) is 52.0 Å². The molecule has 0 fully saturated rings. The van der Waals surface area contributed by atoms with Gasteiger partial charge < -0.3 is 10.2 Å². The van der Waals surface area contributed by atoms with Crippen molar-refractivity contribution in [1.29, 1.82) is 0 Å². The maximum absolute atomic E-state index is 13.3. The summed E-state index contributed by atoms with van der Waals surface area (Å²) in [5, 5.41) is 3.62. The van der Waals surface area contributed by atoms with E-state index in [0.717, 1.165) is 10.5 Å². The summed E-state index contributed by atoms with van der Waals surface area (Å²) >= 11 is 8.01. The molecule has 2 rings (SSSR count). The molecule has 1 N–H and O–H groups in total. The molecule has 0 saturated carbocycles. The molecular weight excluding hydrogens is 428 g/mol. The Kier molecular flexibility index (Phi) is 9.45. The molecule has 0 radical (unpaired) electrons. The molecule has 1 atom stereocenters. The highest BCUT2D eigenvalue weighted by atomic mass is 35.5. The maximum Gasteiger partial charge on any atom is 0.243 e. The predicted octanol–water partition coefficient (Wildman–Crippen LogP) is 5.85. The molecule has 2 amide bonds. The second kappa shape index (κ2) is 11.6. The van der Waals surface area contributed by atoms with Crippen molar-refractivity contribution in [2.24, 2.45) is 0 Å². The lowest BCUT2D eigenvalue weighted by molar-refractivity contribution is -0.141. The number of hydrogen-bond donors (Lipinski definition) is 1. The zero-order valence-corrected chi connectivity index (χ0v) is 20.6. The summed E-state index contributed by atoms with van der Waals surface area (Å²) in [4.78, 5) is 29.1. The largest absolute Gasteiger partial charge is 0.350 e. The molecule has 0 heterocycles. The second-order valence-electron chi connectivity index (χ2n) is 8.69. The van der Waals surface area contributed by atoms with Crippen molar-refractivity contribution >= 4 is 35.2 Å². The van der Waals surface area contributed by atoms with Crippen LogP contribution in [0.15, 0.2) is 53.4 Å². The summed E-state index contributed by atoms with van der Waals surface area (Å²) in [6.07, 6.45) is 0.880. The van der Waals surface area contributed by atoms with Crippen LogP contribution in [0.5, 0.6) is 0 Å². The van der Waals surface area contributed by atoms with Gasteiger partial charge in [0.2, 0.25) is 11.8 Å². The molecule has 0 bridgehead atoms. The minimum atomic E-state index is -0.549. The Morgan fingerprint density at radius 2 is 1.74 bits per heavy atom. The second-order valence-corrected chi connectivity index (χ2v) is 10.3. The predicted molar refractivity (Wildman–Crippen MR) is 130 cm³/mol. The van der Waals surface area contributed by atoms with Crippen molar-refractivity contribution in [3.05, 3.63) is 64.7 Å². The number of aryl methyl sites for hydroxylation is 1. The van der Waals surface area contributed by atoms with E-state index >= 15 is 0 Å². The molecule has 2 aromatic rings. The van der Waals surface area contributed by atoms with Crippen LogP contribution in [-0.4, -0.2) is 34.0 Å². The first kappa shape index (κ1) is 25.3. The Morgan fingerprint density at radius 3 is 2.32 bits per heavy atom. The minimum Gasteiger partial charge on any atom is -0.350 e. The first-order valence-electron chi connectivity index (χ1n) is 10.6. The highest BCUT2D eigenvalue weighted by molar-refractivity contribution is 7.99. The molecule has 168 valence electrons. The summed E-state index contributed by atoms with van der Waals surface area (Å²) in [6.45, 7) is 10.1. The average Bonchev–Trinajstić information content (AvgIpc) is 2.69. The van der Waals surface area contributed by atoms with Gasteiger partial charge in [0.15, 0.2) is 0 Å². The lowest BCUT2D eigenvalue weighted by atomic mass is 10.1. The smallest absolute Gasteiger partial charge is 0.243 e. The number of carbonyl (C=O) groups excluding carboxylic acids is 2. The van der Waals surface area contributed by atoms with Crippen LogP contribution in [0.2, 0.25) is 5.02 Å². The summed E-state index contributed by atoms with van der Waals surface area (Å²) in [5.41, 5.74) is 1.68. The molecule has 0 aliphatic heterocycles. The average molecular weight is 461 g/mol. The Bertz CT molecular complexity index is 878. The molecule has 0 saturated heterocycles. The maximum atomic E-state index is 13.3. The summed E-state index contributed by atoms with van der Waals surface area (Å²) in [6, 6.07) is 15.2. The van der Waals surface area contributed by atoms with Crippen molar-refractivity contribution < 1.29 is 9.59 Å². The first-order chi connectivity index (χ1) is 14.6. The van der Waals surface area contributed by atoms with E-state index in [4.69, 9.17) is 11.6 Å². The SMILES string of the molecule is CC[C@H](C(=O)NC(C)(C)C)N(Cc1ccccc1Cl)C(=O)CCSc1ccc(C)cc1. The summed E-state index contributed by atoms with van der Waals surface area (Å²) < 4.78 is 0. The van der Waals surface area contributed by atoms with E-state index in [2.05, 4.69) is 36.5 Å². The number of halogens is 1. The normalized spacial score (nSPS) is 12.3. The van der Waals surface area contributed by atoms with Gasteiger partial charge in [-0.15, -0.1) is 11.8 Å². The Balaban J connectivity index is 2.16. The molecular formula is C25H33ClN2O2S. The van der Waals surface area contributed by atoms with Crippen LogP contribution in [0.4, 0.5) is 0 Å².